The van der Waals surface area contributed by atoms with Crippen LogP contribution in [0.5, 0.6) is 5.75 Å². The fraction of sp³-hybridized carbons (Fsp3) is 0.368. The molecule has 1 N–H and O–H groups in total. The Hall–Kier alpha value is -1.56. The van der Waals surface area contributed by atoms with Gasteiger partial charge in [0.2, 0.25) is 10.0 Å². The van der Waals surface area contributed by atoms with E-state index in [0.717, 1.165) is 23.1 Å². The van der Waals surface area contributed by atoms with Gasteiger partial charge in [-0.15, -0.1) is 0 Å². The minimum atomic E-state index is -3.52. The van der Waals surface area contributed by atoms with Crippen molar-refractivity contribution >= 4 is 21.6 Å². The van der Waals surface area contributed by atoms with E-state index in [4.69, 9.17) is 16.3 Å². The zero-order chi connectivity index (χ0) is 18.6. The lowest BCUT2D eigenvalue weighted by molar-refractivity contribution is 0.416. The first kappa shape index (κ1) is 19.8. The molecule has 0 atom stereocenters. The van der Waals surface area contributed by atoms with E-state index in [2.05, 4.69) is 4.72 Å². The summed E-state index contributed by atoms with van der Waals surface area (Å²) < 4.78 is 32.9. The SMILES string of the molecule is CCCNS(=O)(=O)c1ccc(-c2c(Cl)cccc2OC)c(C(C)C)c1. The molecular formula is C19H24ClNO3S. The minimum absolute atomic E-state index is 0.123. The quantitative estimate of drug-likeness (QED) is 0.747. The zero-order valence-electron chi connectivity index (χ0n) is 15.0. The van der Waals surface area contributed by atoms with Gasteiger partial charge in [0.1, 0.15) is 5.75 Å². The van der Waals surface area contributed by atoms with Gasteiger partial charge in [-0.1, -0.05) is 44.5 Å². The maximum Gasteiger partial charge on any atom is 0.240 e. The van der Waals surface area contributed by atoms with Gasteiger partial charge in [-0.3, -0.25) is 0 Å². The lowest BCUT2D eigenvalue weighted by Crippen LogP contribution is -2.24. The van der Waals surface area contributed by atoms with Crippen molar-refractivity contribution in [2.45, 2.75) is 38.0 Å². The first-order valence-corrected chi connectivity index (χ1v) is 10.1. The molecule has 0 radical (unpaired) electrons. The Kier molecular flexibility index (Phi) is 6.49. The summed E-state index contributed by atoms with van der Waals surface area (Å²) in [5.41, 5.74) is 2.57. The van der Waals surface area contributed by atoms with Crippen molar-refractivity contribution in [3.05, 3.63) is 47.0 Å². The van der Waals surface area contributed by atoms with E-state index in [-0.39, 0.29) is 10.8 Å². The molecule has 2 aromatic carbocycles. The molecule has 2 aromatic rings. The highest BCUT2D eigenvalue weighted by molar-refractivity contribution is 7.89. The third-order valence-electron chi connectivity index (χ3n) is 3.96. The van der Waals surface area contributed by atoms with Crippen molar-refractivity contribution in [2.24, 2.45) is 0 Å². The summed E-state index contributed by atoms with van der Waals surface area (Å²) >= 11 is 6.41. The van der Waals surface area contributed by atoms with Gasteiger partial charge in [0.25, 0.3) is 0 Å². The molecule has 4 nitrogen and oxygen atoms in total. The number of sulfonamides is 1. The molecular weight excluding hydrogens is 358 g/mol. The largest absolute Gasteiger partial charge is 0.496 e. The predicted molar refractivity (Wildman–Crippen MR) is 103 cm³/mol. The third kappa shape index (κ3) is 4.35. The van der Waals surface area contributed by atoms with Crippen LogP contribution in [0.3, 0.4) is 0 Å². The van der Waals surface area contributed by atoms with Gasteiger partial charge in [0.15, 0.2) is 0 Å². The number of ether oxygens (including phenoxy) is 1. The normalized spacial score (nSPS) is 11.8. The van der Waals surface area contributed by atoms with Gasteiger partial charge in [0.05, 0.1) is 17.0 Å². The second-order valence-corrected chi connectivity index (χ2v) is 8.29. The van der Waals surface area contributed by atoms with Crippen LogP contribution in [0.2, 0.25) is 5.02 Å². The van der Waals surface area contributed by atoms with Crippen molar-refractivity contribution < 1.29 is 13.2 Å². The van der Waals surface area contributed by atoms with E-state index in [1.807, 2.05) is 32.9 Å². The average molecular weight is 382 g/mol. The molecule has 0 heterocycles. The summed E-state index contributed by atoms with van der Waals surface area (Å²) in [6.07, 6.45) is 0.741. The molecule has 0 saturated heterocycles. The van der Waals surface area contributed by atoms with Gasteiger partial charge < -0.3 is 4.74 Å². The van der Waals surface area contributed by atoms with Crippen LogP contribution in [0.15, 0.2) is 41.3 Å². The Balaban J connectivity index is 2.63. The number of rotatable bonds is 7. The van der Waals surface area contributed by atoms with Gasteiger partial charge in [-0.05, 0) is 47.7 Å². The molecule has 2 rings (SSSR count). The van der Waals surface area contributed by atoms with E-state index in [9.17, 15) is 8.42 Å². The fourth-order valence-electron chi connectivity index (χ4n) is 2.67. The first-order chi connectivity index (χ1) is 11.8. The van der Waals surface area contributed by atoms with Gasteiger partial charge in [0, 0.05) is 12.1 Å². The molecule has 0 aliphatic rings. The summed E-state index contributed by atoms with van der Waals surface area (Å²) in [4.78, 5) is 0.263. The van der Waals surface area contributed by atoms with Crippen LogP contribution >= 0.6 is 11.6 Å². The predicted octanol–water partition coefficient (Wildman–Crippen LogP) is 4.83. The van der Waals surface area contributed by atoms with Crippen molar-refractivity contribution in [3.8, 4) is 16.9 Å². The Morgan fingerprint density at radius 3 is 2.52 bits per heavy atom. The highest BCUT2D eigenvalue weighted by atomic mass is 35.5. The van der Waals surface area contributed by atoms with E-state index in [1.54, 1.807) is 31.4 Å². The summed E-state index contributed by atoms with van der Waals surface area (Å²) in [6.45, 7) is 6.39. The van der Waals surface area contributed by atoms with E-state index >= 15 is 0 Å². The Bertz CT molecular complexity index is 848. The van der Waals surface area contributed by atoms with Crippen LogP contribution in [0.25, 0.3) is 11.1 Å². The highest BCUT2D eigenvalue weighted by Gasteiger charge is 2.20. The smallest absolute Gasteiger partial charge is 0.240 e. The molecule has 0 fully saturated rings. The molecule has 0 saturated carbocycles. The van der Waals surface area contributed by atoms with Gasteiger partial charge in [-0.25, -0.2) is 13.1 Å². The fourth-order valence-corrected chi connectivity index (χ4v) is 4.11. The number of benzene rings is 2. The molecule has 0 bridgehead atoms. The van der Waals surface area contributed by atoms with Crippen LogP contribution in [-0.4, -0.2) is 22.1 Å². The second kappa shape index (κ2) is 8.21. The molecule has 0 spiro atoms. The highest BCUT2D eigenvalue weighted by Crippen LogP contribution is 2.40. The molecule has 136 valence electrons. The van der Waals surface area contributed by atoms with Crippen molar-refractivity contribution in [1.82, 2.24) is 4.72 Å². The maximum atomic E-state index is 12.4. The minimum Gasteiger partial charge on any atom is -0.496 e. The molecule has 25 heavy (non-hydrogen) atoms. The summed E-state index contributed by atoms with van der Waals surface area (Å²) in [6, 6.07) is 10.6. The number of hydrogen-bond acceptors (Lipinski definition) is 3. The van der Waals surface area contributed by atoms with E-state index < -0.39 is 10.0 Å². The van der Waals surface area contributed by atoms with Crippen LogP contribution in [-0.2, 0) is 10.0 Å². The molecule has 0 aliphatic heterocycles. The first-order valence-electron chi connectivity index (χ1n) is 8.28. The zero-order valence-corrected chi connectivity index (χ0v) is 16.5. The van der Waals surface area contributed by atoms with E-state index in [1.165, 1.54) is 0 Å². The third-order valence-corrected chi connectivity index (χ3v) is 5.74. The summed E-state index contributed by atoms with van der Waals surface area (Å²) in [5.74, 6) is 0.784. The van der Waals surface area contributed by atoms with Crippen LogP contribution < -0.4 is 9.46 Å². The van der Waals surface area contributed by atoms with Crippen LogP contribution in [0.1, 0.15) is 38.7 Å². The van der Waals surface area contributed by atoms with Crippen molar-refractivity contribution in [3.63, 3.8) is 0 Å². The van der Waals surface area contributed by atoms with Gasteiger partial charge >= 0.3 is 0 Å². The molecule has 0 unspecified atom stereocenters. The lowest BCUT2D eigenvalue weighted by Gasteiger charge is -2.18. The lowest BCUT2D eigenvalue weighted by atomic mass is 9.92. The Morgan fingerprint density at radius 2 is 1.92 bits per heavy atom. The van der Waals surface area contributed by atoms with Crippen molar-refractivity contribution in [2.75, 3.05) is 13.7 Å². The number of nitrogens with one attached hydrogen (secondary N) is 1. The number of hydrogen-bond donors (Lipinski definition) is 1. The topological polar surface area (TPSA) is 55.4 Å². The Morgan fingerprint density at radius 1 is 1.20 bits per heavy atom. The Labute approximate surface area is 155 Å². The monoisotopic (exact) mass is 381 g/mol. The van der Waals surface area contributed by atoms with Crippen molar-refractivity contribution in [1.29, 1.82) is 0 Å². The van der Waals surface area contributed by atoms with Crippen LogP contribution in [0, 0.1) is 0 Å². The molecule has 0 aromatic heterocycles. The molecule has 6 heteroatoms. The summed E-state index contributed by atoms with van der Waals surface area (Å²) in [7, 11) is -1.92. The second-order valence-electron chi connectivity index (χ2n) is 6.12. The molecule has 0 amide bonds. The number of halogens is 1. The van der Waals surface area contributed by atoms with Gasteiger partial charge in [-0.2, -0.15) is 0 Å². The maximum absolute atomic E-state index is 12.4. The van der Waals surface area contributed by atoms with Crippen LogP contribution in [0.4, 0.5) is 0 Å². The molecule has 0 aliphatic carbocycles. The average Bonchev–Trinajstić information content (AvgIpc) is 2.59. The van der Waals surface area contributed by atoms with E-state index in [0.29, 0.717) is 17.3 Å². The standard InChI is InChI=1S/C19H24ClNO3S/c1-5-11-21-25(22,23)14-9-10-15(16(12-14)13(2)3)19-17(20)7-6-8-18(19)24-4/h6-10,12-13,21H,5,11H2,1-4H3. The summed E-state index contributed by atoms with van der Waals surface area (Å²) in [5, 5.41) is 0.570. The number of methoxy groups -OCH3 is 1.